The number of amides is 2. The number of carbonyl (C=O) groups excluding carboxylic acids is 2. The van der Waals surface area contributed by atoms with Crippen LogP contribution in [0.1, 0.15) is 37.2 Å². The second kappa shape index (κ2) is 6.48. The molecule has 2 aliphatic rings. The number of anilines is 1. The number of imide groups is 1. The van der Waals surface area contributed by atoms with Gasteiger partial charge in [-0.05, 0) is 44.0 Å². The Morgan fingerprint density at radius 1 is 1.18 bits per heavy atom. The van der Waals surface area contributed by atoms with Crippen LogP contribution in [-0.4, -0.2) is 38.0 Å². The molecule has 3 rings (SSSR count). The first kappa shape index (κ1) is 15.0. The van der Waals surface area contributed by atoms with E-state index in [0.717, 1.165) is 18.7 Å². The number of nitrogens with one attached hydrogen (secondary N) is 2. The van der Waals surface area contributed by atoms with Gasteiger partial charge in [-0.1, -0.05) is 12.1 Å². The largest absolute Gasteiger partial charge is 0.370 e. The molecule has 118 valence electrons. The van der Waals surface area contributed by atoms with Gasteiger partial charge in [0.2, 0.25) is 11.8 Å². The van der Waals surface area contributed by atoms with Crippen molar-refractivity contribution >= 4 is 17.5 Å². The van der Waals surface area contributed by atoms with Crippen LogP contribution in [-0.2, 0) is 9.59 Å². The van der Waals surface area contributed by atoms with E-state index in [2.05, 4.69) is 27.7 Å². The lowest BCUT2D eigenvalue weighted by Gasteiger charge is -2.34. The van der Waals surface area contributed by atoms with Crippen LogP contribution < -0.4 is 15.5 Å². The molecule has 0 aromatic heterocycles. The van der Waals surface area contributed by atoms with E-state index in [-0.39, 0.29) is 17.7 Å². The summed E-state index contributed by atoms with van der Waals surface area (Å²) in [5, 5.41) is 5.77. The van der Waals surface area contributed by atoms with Crippen molar-refractivity contribution in [3.63, 3.8) is 0 Å². The summed E-state index contributed by atoms with van der Waals surface area (Å²) in [5.74, 6) is -0.528. The number of likely N-dealkylation sites (N-methyl/N-ethyl adjacent to an activating group) is 1. The fraction of sp³-hybridized carbons (Fsp3) is 0.529. The van der Waals surface area contributed by atoms with Crippen LogP contribution in [0, 0.1) is 0 Å². The molecule has 0 bridgehead atoms. The first-order valence-corrected chi connectivity index (χ1v) is 8.03. The molecule has 2 fully saturated rings. The van der Waals surface area contributed by atoms with Crippen molar-refractivity contribution in [2.75, 3.05) is 25.0 Å². The highest BCUT2D eigenvalue weighted by Crippen LogP contribution is 2.27. The molecule has 0 aliphatic carbocycles. The first-order chi connectivity index (χ1) is 10.7. The highest BCUT2D eigenvalue weighted by Gasteiger charge is 2.28. The van der Waals surface area contributed by atoms with Gasteiger partial charge >= 0.3 is 0 Å². The minimum absolute atomic E-state index is 0.163. The number of nitrogens with zero attached hydrogens (tertiary/aromatic N) is 1. The molecule has 2 N–H and O–H groups in total. The molecule has 0 spiro atoms. The highest BCUT2D eigenvalue weighted by atomic mass is 16.2. The third-order valence-electron chi connectivity index (χ3n) is 4.73. The third-order valence-corrected chi connectivity index (χ3v) is 4.73. The van der Waals surface area contributed by atoms with Crippen molar-refractivity contribution in [2.24, 2.45) is 0 Å². The van der Waals surface area contributed by atoms with Crippen LogP contribution in [0.5, 0.6) is 0 Å². The van der Waals surface area contributed by atoms with Gasteiger partial charge in [-0.2, -0.15) is 0 Å². The van der Waals surface area contributed by atoms with Crippen molar-refractivity contribution in [3.05, 3.63) is 29.8 Å². The molecule has 2 amide bonds. The number of benzene rings is 1. The number of piperidine rings is 2. The molecule has 5 nitrogen and oxygen atoms in total. The standard InChI is InChI=1S/C17H23N3O2/c1-18-13-3-2-10-20(11-13)14-6-4-12(5-7-14)15-8-9-16(21)19-17(15)22/h4-7,13,15,18H,2-3,8-11H2,1H3,(H,19,21,22). The maximum Gasteiger partial charge on any atom is 0.234 e. The van der Waals surface area contributed by atoms with Gasteiger partial charge in [-0.25, -0.2) is 0 Å². The molecule has 0 saturated carbocycles. The van der Waals surface area contributed by atoms with E-state index < -0.39 is 0 Å². The summed E-state index contributed by atoms with van der Waals surface area (Å²) in [4.78, 5) is 25.5. The lowest BCUT2D eigenvalue weighted by molar-refractivity contribution is -0.134. The molecule has 22 heavy (non-hydrogen) atoms. The predicted molar refractivity (Wildman–Crippen MR) is 85.9 cm³/mol. The van der Waals surface area contributed by atoms with E-state index in [1.165, 1.54) is 18.5 Å². The smallest absolute Gasteiger partial charge is 0.234 e. The van der Waals surface area contributed by atoms with Crippen molar-refractivity contribution in [1.82, 2.24) is 10.6 Å². The summed E-state index contributed by atoms with van der Waals surface area (Å²) in [5.41, 5.74) is 2.20. The number of rotatable bonds is 3. The Bertz CT molecular complexity index is 556. The third kappa shape index (κ3) is 3.14. The fourth-order valence-corrected chi connectivity index (χ4v) is 3.38. The molecule has 5 heteroatoms. The lowest BCUT2D eigenvalue weighted by Crippen LogP contribution is -2.44. The Kier molecular flexibility index (Phi) is 4.43. The Hall–Kier alpha value is -1.88. The van der Waals surface area contributed by atoms with Crippen LogP contribution in [0.15, 0.2) is 24.3 Å². The van der Waals surface area contributed by atoms with Gasteiger partial charge in [0.25, 0.3) is 0 Å². The van der Waals surface area contributed by atoms with Crippen molar-refractivity contribution in [1.29, 1.82) is 0 Å². The minimum Gasteiger partial charge on any atom is -0.370 e. The van der Waals surface area contributed by atoms with Gasteiger partial charge in [-0.15, -0.1) is 0 Å². The molecular formula is C17H23N3O2. The summed E-state index contributed by atoms with van der Waals surface area (Å²) >= 11 is 0. The first-order valence-electron chi connectivity index (χ1n) is 8.03. The average Bonchev–Trinajstić information content (AvgIpc) is 2.55. The molecule has 2 saturated heterocycles. The Morgan fingerprint density at radius 2 is 1.95 bits per heavy atom. The molecule has 2 atom stereocenters. The van der Waals surface area contributed by atoms with E-state index in [4.69, 9.17) is 0 Å². The topological polar surface area (TPSA) is 61.4 Å². The second-order valence-corrected chi connectivity index (χ2v) is 6.17. The average molecular weight is 301 g/mol. The normalized spacial score (nSPS) is 26.0. The van der Waals surface area contributed by atoms with Crippen molar-refractivity contribution in [3.8, 4) is 0 Å². The quantitative estimate of drug-likeness (QED) is 0.828. The maximum absolute atomic E-state index is 11.9. The zero-order valence-electron chi connectivity index (χ0n) is 13.0. The second-order valence-electron chi connectivity index (χ2n) is 6.17. The van der Waals surface area contributed by atoms with E-state index in [1.54, 1.807) is 0 Å². The highest BCUT2D eigenvalue weighted by molar-refractivity contribution is 6.00. The SMILES string of the molecule is CNC1CCCN(c2ccc(C3CCC(=O)NC3=O)cc2)C1. The summed E-state index contributed by atoms with van der Waals surface area (Å²) in [6.07, 6.45) is 3.45. The molecule has 2 unspecified atom stereocenters. The Balaban J connectivity index is 1.70. The van der Waals surface area contributed by atoms with E-state index in [9.17, 15) is 9.59 Å². The summed E-state index contributed by atoms with van der Waals surface area (Å²) in [6.45, 7) is 2.10. The summed E-state index contributed by atoms with van der Waals surface area (Å²) < 4.78 is 0. The van der Waals surface area contributed by atoms with Crippen LogP contribution in [0.25, 0.3) is 0 Å². The number of hydrogen-bond donors (Lipinski definition) is 2. The van der Waals surface area contributed by atoms with Gasteiger partial charge in [-0.3, -0.25) is 14.9 Å². The fourth-order valence-electron chi connectivity index (χ4n) is 3.38. The van der Waals surface area contributed by atoms with Gasteiger partial charge in [0.05, 0.1) is 5.92 Å². The van der Waals surface area contributed by atoms with Gasteiger partial charge < -0.3 is 10.2 Å². The number of hydrogen-bond acceptors (Lipinski definition) is 4. The van der Waals surface area contributed by atoms with Crippen molar-refractivity contribution in [2.45, 2.75) is 37.6 Å². The Labute approximate surface area is 131 Å². The van der Waals surface area contributed by atoms with E-state index >= 15 is 0 Å². The molecule has 1 aromatic rings. The monoisotopic (exact) mass is 301 g/mol. The Morgan fingerprint density at radius 3 is 2.64 bits per heavy atom. The molecule has 2 aliphatic heterocycles. The zero-order valence-corrected chi connectivity index (χ0v) is 13.0. The van der Waals surface area contributed by atoms with Gasteiger partial charge in [0, 0.05) is 31.2 Å². The van der Waals surface area contributed by atoms with Crippen LogP contribution >= 0.6 is 0 Å². The maximum atomic E-state index is 11.9. The molecule has 2 heterocycles. The van der Waals surface area contributed by atoms with Gasteiger partial charge in [0.1, 0.15) is 0 Å². The summed E-state index contributed by atoms with van der Waals surface area (Å²) in [6, 6.07) is 8.79. The zero-order chi connectivity index (χ0) is 15.5. The van der Waals surface area contributed by atoms with Crippen LogP contribution in [0.2, 0.25) is 0 Å². The number of carbonyl (C=O) groups is 2. The van der Waals surface area contributed by atoms with Crippen molar-refractivity contribution < 1.29 is 9.59 Å². The van der Waals surface area contributed by atoms with E-state index in [0.29, 0.717) is 18.9 Å². The van der Waals surface area contributed by atoms with E-state index in [1.807, 2.05) is 19.2 Å². The van der Waals surface area contributed by atoms with Crippen LogP contribution in [0.4, 0.5) is 5.69 Å². The summed E-state index contributed by atoms with van der Waals surface area (Å²) in [7, 11) is 2.01. The minimum atomic E-state index is -0.196. The van der Waals surface area contributed by atoms with Gasteiger partial charge in [0.15, 0.2) is 0 Å². The molecule has 1 aromatic carbocycles. The predicted octanol–water partition coefficient (Wildman–Crippen LogP) is 1.39. The molecular weight excluding hydrogens is 278 g/mol. The molecule has 0 radical (unpaired) electrons. The lowest BCUT2D eigenvalue weighted by atomic mass is 9.90. The van der Waals surface area contributed by atoms with Crippen LogP contribution in [0.3, 0.4) is 0 Å².